The highest BCUT2D eigenvalue weighted by Crippen LogP contribution is 2.15. The van der Waals surface area contributed by atoms with E-state index in [1.54, 1.807) is 0 Å². The lowest BCUT2D eigenvalue weighted by Crippen LogP contribution is -2.19. The number of nitrogens with zero attached hydrogens (tertiary/aromatic N) is 6. The summed E-state index contributed by atoms with van der Waals surface area (Å²) in [5.74, 6) is 0. The highest BCUT2D eigenvalue weighted by Gasteiger charge is 2.15. The summed E-state index contributed by atoms with van der Waals surface area (Å²) >= 11 is 0. The Bertz CT molecular complexity index is 1590. The van der Waals surface area contributed by atoms with Crippen molar-refractivity contribution in [2.75, 3.05) is 24.6 Å². The number of anilines is 2. The topological polar surface area (TPSA) is 127 Å². The van der Waals surface area contributed by atoms with Crippen LogP contribution in [-0.4, -0.2) is 58.0 Å². The summed E-state index contributed by atoms with van der Waals surface area (Å²) in [6.45, 7) is 9.04. The van der Waals surface area contributed by atoms with Crippen molar-refractivity contribution in [1.82, 2.24) is 9.97 Å². The molecular formula is C36H40N8. The normalized spacial score (nSPS) is 17.8. The summed E-state index contributed by atoms with van der Waals surface area (Å²) in [6.07, 6.45) is 1.45. The van der Waals surface area contributed by atoms with Gasteiger partial charge in [-0.2, -0.15) is 0 Å². The van der Waals surface area contributed by atoms with E-state index in [2.05, 4.69) is 24.3 Å². The Kier molecular flexibility index (Phi) is 9.69. The molecule has 5 rings (SSSR count). The van der Waals surface area contributed by atoms with Crippen LogP contribution in [0.2, 0.25) is 0 Å². The first-order chi connectivity index (χ1) is 21.2. The van der Waals surface area contributed by atoms with Gasteiger partial charge in [-0.15, -0.1) is 0 Å². The first kappa shape index (κ1) is 30.5. The lowest BCUT2D eigenvalue weighted by molar-refractivity contribution is 0.680. The quantitative estimate of drug-likeness (QED) is 0.293. The standard InChI is InChI=1S/C36H40N8/c1-23-33-7-5-9-35(43-33)25(3)42-32(20-28-13-17-30(38)18-14-28)22-40-24(2)34-8-6-10-36(44-34)26(4)41-31(21-39-23)19-27-11-15-29(37)16-12-27/h5-18,31-32H,19-22,37-38H2,1-4H3/t31-,32?/m0/s1. The maximum atomic E-state index is 5.93. The average molecular weight is 585 g/mol. The Hall–Kier alpha value is -4.98. The van der Waals surface area contributed by atoms with Gasteiger partial charge in [-0.05, 0) is 100 Å². The summed E-state index contributed by atoms with van der Waals surface area (Å²) in [7, 11) is 0. The first-order valence-corrected chi connectivity index (χ1v) is 15.0. The van der Waals surface area contributed by atoms with Crippen molar-refractivity contribution in [1.29, 1.82) is 0 Å². The molecule has 3 heterocycles. The molecule has 2 aromatic carbocycles. The van der Waals surface area contributed by atoms with Gasteiger partial charge in [0, 0.05) is 11.4 Å². The van der Waals surface area contributed by atoms with Crippen LogP contribution >= 0.6 is 0 Å². The number of pyridine rings is 2. The van der Waals surface area contributed by atoms with Gasteiger partial charge in [0.05, 0.1) is 70.8 Å². The van der Waals surface area contributed by atoms with Crippen molar-refractivity contribution in [3.63, 3.8) is 0 Å². The molecule has 224 valence electrons. The predicted octanol–water partition coefficient (Wildman–Crippen LogP) is 5.81. The largest absolute Gasteiger partial charge is 0.399 e. The molecule has 1 aliphatic heterocycles. The van der Waals surface area contributed by atoms with Crippen molar-refractivity contribution in [2.24, 2.45) is 20.0 Å². The fraction of sp³-hybridized carbons (Fsp3) is 0.278. The van der Waals surface area contributed by atoms with Crippen LogP contribution < -0.4 is 11.5 Å². The summed E-state index contributed by atoms with van der Waals surface area (Å²) < 4.78 is 0. The van der Waals surface area contributed by atoms with Crippen molar-refractivity contribution < 1.29 is 0 Å². The fourth-order valence-corrected chi connectivity index (χ4v) is 5.16. The Labute approximate surface area is 259 Å². The number of aromatic nitrogens is 2. The van der Waals surface area contributed by atoms with Gasteiger partial charge in [-0.1, -0.05) is 36.4 Å². The minimum absolute atomic E-state index is 0.0896. The number of nitrogens with two attached hydrogens (primary N) is 2. The Morgan fingerprint density at radius 2 is 0.841 bits per heavy atom. The molecular weight excluding hydrogens is 544 g/mol. The SMILES string of the molecule is CC1=NC[C@H](Cc2ccc(N)cc2)N=C(C)c2cccc(n2)C(C)=NCC(Cc2ccc(N)cc2)N=C(C)c2cccc1n2. The third-order valence-electron chi connectivity index (χ3n) is 7.71. The molecule has 44 heavy (non-hydrogen) atoms. The van der Waals surface area contributed by atoms with Gasteiger partial charge in [-0.3, -0.25) is 20.0 Å². The van der Waals surface area contributed by atoms with Gasteiger partial charge in [0.25, 0.3) is 0 Å². The Morgan fingerprint density at radius 3 is 1.20 bits per heavy atom. The molecule has 1 aliphatic rings. The van der Waals surface area contributed by atoms with E-state index in [9.17, 15) is 0 Å². The molecule has 0 aliphatic carbocycles. The van der Waals surface area contributed by atoms with E-state index in [0.29, 0.717) is 13.1 Å². The zero-order valence-electron chi connectivity index (χ0n) is 25.9. The van der Waals surface area contributed by atoms with Crippen LogP contribution in [0, 0.1) is 0 Å². The summed E-state index contributed by atoms with van der Waals surface area (Å²) in [4.78, 5) is 30.1. The van der Waals surface area contributed by atoms with Crippen LogP contribution in [0.4, 0.5) is 11.4 Å². The number of fused-ring (bicyclic) bond motifs is 4. The smallest absolute Gasteiger partial charge is 0.0845 e. The summed E-state index contributed by atoms with van der Waals surface area (Å²) in [6, 6.07) is 27.7. The summed E-state index contributed by atoms with van der Waals surface area (Å²) in [5.41, 5.74) is 22.4. The lowest BCUT2D eigenvalue weighted by Gasteiger charge is -2.15. The van der Waals surface area contributed by atoms with E-state index in [-0.39, 0.29) is 12.1 Å². The predicted molar refractivity (Wildman–Crippen MR) is 184 cm³/mol. The van der Waals surface area contributed by atoms with Gasteiger partial charge in [0.2, 0.25) is 0 Å². The molecule has 0 saturated carbocycles. The molecule has 4 aromatic rings. The number of nitrogen functional groups attached to an aromatic ring is 2. The molecule has 8 heteroatoms. The minimum atomic E-state index is -0.0896. The molecule has 0 amide bonds. The van der Waals surface area contributed by atoms with Crippen LogP contribution in [0.15, 0.2) is 105 Å². The molecule has 0 radical (unpaired) electrons. The lowest BCUT2D eigenvalue weighted by atomic mass is 10.0. The van der Waals surface area contributed by atoms with Gasteiger partial charge in [0.1, 0.15) is 0 Å². The molecule has 0 spiro atoms. The molecule has 0 saturated heterocycles. The Balaban J connectivity index is 1.55. The third kappa shape index (κ3) is 8.10. The number of rotatable bonds is 4. The average Bonchev–Trinajstić information content (AvgIpc) is 3.04. The third-order valence-corrected chi connectivity index (χ3v) is 7.71. The Morgan fingerprint density at radius 1 is 0.500 bits per heavy atom. The second kappa shape index (κ2) is 14.0. The van der Waals surface area contributed by atoms with Crippen molar-refractivity contribution in [2.45, 2.75) is 52.6 Å². The van der Waals surface area contributed by atoms with Gasteiger partial charge in [-0.25, -0.2) is 9.97 Å². The second-order valence-corrected chi connectivity index (χ2v) is 11.3. The second-order valence-electron chi connectivity index (χ2n) is 11.3. The highest BCUT2D eigenvalue weighted by atomic mass is 14.9. The van der Waals surface area contributed by atoms with Gasteiger partial charge >= 0.3 is 0 Å². The minimum Gasteiger partial charge on any atom is -0.399 e. The van der Waals surface area contributed by atoms with Gasteiger partial charge in [0.15, 0.2) is 0 Å². The van der Waals surface area contributed by atoms with Crippen LogP contribution in [-0.2, 0) is 12.8 Å². The maximum absolute atomic E-state index is 5.93. The molecule has 1 unspecified atom stereocenters. The molecule has 8 nitrogen and oxygen atoms in total. The van der Waals surface area contributed by atoms with Crippen LogP contribution in [0.3, 0.4) is 0 Å². The number of aliphatic imine (C=N–C) groups is 4. The molecule has 4 N–H and O–H groups in total. The molecule has 0 fully saturated rings. The van der Waals surface area contributed by atoms with Crippen LogP contribution in [0.1, 0.15) is 61.6 Å². The molecule has 2 aromatic heterocycles. The maximum Gasteiger partial charge on any atom is 0.0845 e. The number of hydrogen-bond donors (Lipinski definition) is 2. The highest BCUT2D eigenvalue weighted by molar-refractivity contribution is 6.02. The van der Waals surface area contributed by atoms with E-state index in [1.165, 1.54) is 0 Å². The number of hydrogen-bond acceptors (Lipinski definition) is 8. The molecule has 4 bridgehead atoms. The zero-order chi connectivity index (χ0) is 31.1. The van der Waals surface area contributed by atoms with E-state index in [1.807, 2.05) is 88.4 Å². The first-order valence-electron chi connectivity index (χ1n) is 15.0. The summed E-state index contributed by atoms with van der Waals surface area (Å²) in [5, 5.41) is 0. The number of benzene rings is 2. The monoisotopic (exact) mass is 584 g/mol. The van der Waals surface area contributed by atoms with Crippen molar-refractivity contribution >= 4 is 34.2 Å². The van der Waals surface area contributed by atoms with E-state index in [0.717, 1.165) is 81.0 Å². The van der Waals surface area contributed by atoms with Gasteiger partial charge < -0.3 is 11.5 Å². The zero-order valence-corrected chi connectivity index (χ0v) is 25.9. The van der Waals surface area contributed by atoms with Crippen molar-refractivity contribution in [3.05, 3.63) is 119 Å². The van der Waals surface area contributed by atoms with E-state index >= 15 is 0 Å². The van der Waals surface area contributed by atoms with Crippen LogP contribution in [0.5, 0.6) is 0 Å². The van der Waals surface area contributed by atoms with E-state index in [4.69, 9.17) is 41.4 Å². The van der Waals surface area contributed by atoms with Crippen LogP contribution in [0.25, 0.3) is 0 Å². The fourth-order valence-electron chi connectivity index (χ4n) is 5.16. The molecule has 2 atom stereocenters. The van der Waals surface area contributed by atoms with Crippen molar-refractivity contribution in [3.8, 4) is 0 Å². The van der Waals surface area contributed by atoms with E-state index < -0.39 is 0 Å².